The van der Waals surface area contributed by atoms with Crippen LogP contribution in [0, 0.1) is 0 Å². The summed E-state index contributed by atoms with van der Waals surface area (Å²) in [7, 11) is 0. The Kier molecular flexibility index (Phi) is 5.59. The molecule has 1 fully saturated rings. The summed E-state index contributed by atoms with van der Waals surface area (Å²) in [6, 6.07) is -1.47. The SMILES string of the molecule is CC(NC(N)=O)C(=O)N1CCCCC1CCC(=O)O. The number of carbonyl (C=O) groups is 3. The molecule has 0 aromatic heterocycles. The van der Waals surface area contributed by atoms with E-state index in [4.69, 9.17) is 10.8 Å². The molecule has 1 aliphatic heterocycles. The molecule has 0 saturated carbocycles. The Balaban J connectivity index is 2.62. The number of hydrogen-bond acceptors (Lipinski definition) is 3. The molecular formula is C12H21N3O4. The number of urea groups is 1. The highest BCUT2D eigenvalue weighted by Crippen LogP contribution is 2.21. The third-order valence-electron chi connectivity index (χ3n) is 3.33. The zero-order valence-electron chi connectivity index (χ0n) is 11.1. The van der Waals surface area contributed by atoms with Crippen molar-refractivity contribution in [3.8, 4) is 0 Å². The van der Waals surface area contributed by atoms with E-state index in [2.05, 4.69) is 5.32 Å². The lowest BCUT2D eigenvalue weighted by atomic mass is 9.97. The number of amides is 3. The summed E-state index contributed by atoms with van der Waals surface area (Å²) in [4.78, 5) is 35.2. The Bertz CT molecular complexity index is 359. The summed E-state index contributed by atoms with van der Waals surface area (Å²) in [6.45, 7) is 2.18. The maximum Gasteiger partial charge on any atom is 0.312 e. The van der Waals surface area contributed by atoms with E-state index < -0.39 is 18.0 Å². The summed E-state index contributed by atoms with van der Waals surface area (Å²) >= 11 is 0. The maximum atomic E-state index is 12.2. The molecule has 19 heavy (non-hydrogen) atoms. The van der Waals surface area contributed by atoms with Crippen molar-refractivity contribution in [1.29, 1.82) is 0 Å². The molecule has 0 radical (unpaired) electrons. The van der Waals surface area contributed by atoms with Gasteiger partial charge in [0, 0.05) is 19.0 Å². The molecule has 1 aliphatic rings. The summed E-state index contributed by atoms with van der Waals surface area (Å²) in [6.07, 6.45) is 3.20. The van der Waals surface area contributed by atoms with E-state index in [1.807, 2.05) is 0 Å². The predicted octanol–water partition coefficient (Wildman–Crippen LogP) is 0.289. The highest BCUT2D eigenvalue weighted by atomic mass is 16.4. The first-order valence-electron chi connectivity index (χ1n) is 6.50. The third kappa shape index (κ3) is 4.76. The minimum Gasteiger partial charge on any atom is -0.481 e. The highest BCUT2D eigenvalue weighted by molar-refractivity contribution is 5.86. The van der Waals surface area contributed by atoms with Crippen LogP contribution in [0.1, 0.15) is 39.0 Å². The average Bonchev–Trinajstić information content (AvgIpc) is 2.35. The molecule has 4 N–H and O–H groups in total. The molecular weight excluding hydrogens is 250 g/mol. The number of carboxylic acid groups (broad SMARTS) is 1. The molecule has 7 nitrogen and oxygen atoms in total. The first kappa shape index (κ1) is 15.3. The Hall–Kier alpha value is -1.79. The number of hydrogen-bond donors (Lipinski definition) is 3. The van der Waals surface area contributed by atoms with Crippen molar-refractivity contribution in [2.24, 2.45) is 5.73 Å². The first-order chi connectivity index (χ1) is 8.91. The van der Waals surface area contributed by atoms with E-state index >= 15 is 0 Å². The van der Waals surface area contributed by atoms with Gasteiger partial charge in [-0.15, -0.1) is 0 Å². The third-order valence-corrected chi connectivity index (χ3v) is 3.33. The van der Waals surface area contributed by atoms with E-state index in [0.29, 0.717) is 13.0 Å². The van der Waals surface area contributed by atoms with E-state index in [1.165, 1.54) is 0 Å². The normalized spacial score (nSPS) is 20.7. The molecule has 0 aliphatic carbocycles. The smallest absolute Gasteiger partial charge is 0.312 e. The quantitative estimate of drug-likeness (QED) is 0.667. The fraction of sp³-hybridized carbons (Fsp3) is 0.750. The zero-order valence-corrected chi connectivity index (χ0v) is 11.1. The summed E-state index contributed by atoms with van der Waals surface area (Å²) in [5, 5.41) is 11.1. The van der Waals surface area contributed by atoms with Crippen LogP contribution in [0.4, 0.5) is 4.79 Å². The van der Waals surface area contributed by atoms with E-state index in [9.17, 15) is 14.4 Å². The van der Waals surface area contributed by atoms with Gasteiger partial charge in [-0.1, -0.05) is 0 Å². The summed E-state index contributed by atoms with van der Waals surface area (Å²) < 4.78 is 0. The van der Waals surface area contributed by atoms with Gasteiger partial charge in [0.1, 0.15) is 6.04 Å². The van der Waals surface area contributed by atoms with Crippen molar-refractivity contribution >= 4 is 17.9 Å². The molecule has 3 amide bonds. The number of rotatable bonds is 5. The predicted molar refractivity (Wildman–Crippen MR) is 68.4 cm³/mol. The summed E-state index contributed by atoms with van der Waals surface area (Å²) in [5.41, 5.74) is 5.00. The first-order valence-corrected chi connectivity index (χ1v) is 6.50. The van der Waals surface area contributed by atoms with Crippen molar-refractivity contribution in [3.05, 3.63) is 0 Å². The number of carbonyl (C=O) groups excluding carboxylic acids is 2. The molecule has 1 saturated heterocycles. The standard InChI is InChI=1S/C12H21N3O4/c1-8(14-12(13)19)11(18)15-7-3-2-4-9(15)5-6-10(16)17/h8-9H,2-7H2,1H3,(H,16,17)(H3,13,14,19). The maximum absolute atomic E-state index is 12.2. The number of piperidine rings is 1. The van der Waals surface area contributed by atoms with Crippen LogP contribution < -0.4 is 11.1 Å². The highest BCUT2D eigenvalue weighted by Gasteiger charge is 2.30. The van der Waals surface area contributed by atoms with Gasteiger partial charge in [-0.25, -0.2) is 4.79 Å². The Morgan fingerprint density at radius 2 is 2.11 bits per heavy atom. The van der Waals surface area contributed by atoms with Crippen molar-refractivity contribution in [2.45, 2.75) is 51.1 Å². The average molecular weight is 271 g/mol. The zero-order chi connectivity index (χ0) is 14.4. The minimum absolute atomic E-state index is 0.0477. The van der Waals surface area contributed by atoms with Crippen LogP contribution in [0.3, 0.4) is 0 Å². The van der Waals surface area contributed by atoms with Crippen LogP contribution in [-0.4, -0.2) is 46.5 Å². The number of nitrogens with two attached hydrogens (primary N) is 1. The van der Waals surface area contributed by atoms with Gasteiger partial charge >= 0.3 is 12.0 Å². The van der Waals surface area contributed by atoms with Crippen LogP contribution in [0.25, 0.3) is 0 Å². The second kappa shape index (κ2) is 6.96. The molecule has 0 bridgehead atoms. The number of primary amides is 1. The molecule has 1 rings (SSSR count). The molecule has 1 heterocycles. The Morgan fingerprint density at radius 3 is 2.68 bits per heavy atom. The molecule has 0 aromatic rings. The Morgan fingerprint density at radius 1 is 1.42 bits per heavy atom. The minimum atomic E-state index is -0.860. The van der Waals surface area contributed by atoms with Gasteiger partial charge in [-0.3, -0.25) is 9.59 Å². The van der Waals surface area contributed by atoms with Crippen LogP contribution in [-0.2, 0) is 9.59 Å². The second-order valence-corrected chi connectivity index (χ2v) is 4.84. The number of aliphatic carboxylic acids is 1. The number of nitrogens with one attached hydrogen (secondary N) is 1. The van der Waals surface area contributed by atoms with Crippen LogP contribution in [0.15, 0.2) is 0 Å². The molecule has 2 unspecified atom stereocenters. The van der Waals surface area contributed by atoms with E-state index in [1.54, 1.807) is 11.8 Å². The van der Waals surface area contributed by atoms with E-state index in [-0.39, 0.29) is 18.4 Å². The molecule has 0 spiro atoms. The fourth-order valence-corrected chi connectivity index (χ4v) is 2.40. The van der Waals surface area contributed by atoms with Crippen molar-refractivity contribution in [2.75, 3.05) is 6.54 Å². The molecule has 108 valence electrons. The lowest BCUT2D eigenvalue weighted by Gasteiger charge is -2.37. The van der Waals surface area contributed by atoms with Crippen molar-refractivity contribution in [3.63, 3.8) is 0 Å². The van der Waals surface area contributed by atoms with Gasteiger partial charge < -0.3 is 21.1 Å². The second-order valence-electron chi connectivity index (χ2n) is 4.84. The van der Waals surface area contributed by atoms with Crippen LogP contribution in [0.5, 0.6) is 0 Å². The van der Waals surface area contributed by atoms with Crippen molar-refractivity contribution in [1.82, 2.24) is 10.2 Å². The monoisotopic (exact) mass is 271 g/mol. The van der Waals surface area contributed by atoms with Gasteiger partial charge in [-0.05, 0) is 32.6 Å². The number of nitrogens with zero attached hydrogens (tertiary/aromatic N) is 1. The van der Waals surface area contributed by atoms with Crippen LogP contribution in [0.2, 0.25) is 0 Å². The topological polar surface area (TPSA) is 113 Å². The number of carboxylic acids is 1. The van der Waals surface area contributed by atoms with Gasteiger partial charge in [0.15, 0.2) is 0 Å². The Labute approximate surface area is 112 Å². The van der Waals surface area contributed by atoms with Gasteiger partial charge in [-0.2, -0.15) is 0 Å². The van der Waals surface area contributed by atoms with Gasteiger partial charge in [0.05, 0.1) is 0 Å². The van der Waals surface area contributed by atoms with E-state index in [0.717, 1.165) is 19.3 Å². The molecule has 7 heteroatoms. The van der Waals surface area contributed by atoms with Crippen molar-refractivity contribution < 1.29 is 19.5 Å². The lowest BCUT2D eigenvalue weighted by Crippen LogP contribution is -2.53. The van der Waals surface area contributed by atoms with Crippen LogP contribution >= 0.6 is 0 Å². The molecule has 0 aromatic carbocycles. The van der Waals surface area contributed by atoms with Gasteiger partial charge in [0.25, 0.3) is 0 Å². The lowest BCUT2D eigenvalue weighted by molar-refractivity contribution is -0.140. The van der Waals surface area contributed by atoms with Gasteiger partial charge in [0.2, 0.25) is 5.91 Å². The summed E-state index contributed by atoms with van der Waals surface area (Å²) in [5.74, 6) is -1.06. The number of likely N-dealkylation sites (tertiary alicyclic amines) is 1. The largest absolute Gasteiger partial charge is 0.481 e. The fourth-order valence-electron chi connectivity index (χ4n) is 2.40. The molecule has 2 atom stereocenters.